The Morgan fingerprint density at radius 1 is 1.05 bits per heavy atom. The largest absolute Gasteiger partial charge is 0.263 e. The number of nitrogens with zero attached hydrogens (tertiary/aromatic N) is 4. The van der Waals surface area contributed by atoms with Crippen LogP contribution < -0.4 is 0 Å². The smallest absolute Gasteiger partial charge is 0.163 e. The highest BCUT2D eigenvalue weighted by atomic mass is 15.4. The van der Waals surface area contributed by atoms with Gasteiger partial charge in [-0.25, -0.2) is 4.68 Å². The van der Waals surface area contributed by atoms with E-state index in [1.165, 1.54) is 11.1 Å². The Balaban J connectivity index is 1.81. The monoisotopic (exact) mass is 272 g/mol. The summed E-state index contributed by atoms with van der Waals surface area (Å²) in [7, 11) is 0. The molecule has 0 saturated carbocycles. The predicted molar refractivity (Wildman–Crippen MR) is 79.4 cm³/mol. The molecule has 3 heterocycles. The van der Waals surface area contributed by atoms with Crippen LogP contribution in [0.2, 0.25) is 0 Å². The topological polar surface area (TPSA) is 43.6 Å². The molecule has 100 valence electrons. The molecule has 0 saturated heterocycles. The van der Waals surface area contributed by atoms with Crippen molar-refractivity contribution in [2.75, 3.05) is 0 Å². The summed E-state index contributed by atoms with van der Waals surface area (Å²) in [6, 6.07) is 12.2. The number of fused-ring (bicyclic) bond motifs is 3. The van der Waals surface area contributed by atoms with E-state index in [1.54, 1.807) is 12.4 Å². The van der Waals surface area contributed by atoms with E-state index >= 15 is 0 Å². The lowest BCUT2D eigenvalue weighted by Crippen LogP contribution is -2.12. The lowest BCUT2D eigenvalue weighted by molar-refractivity contribution is 0.583. The quantitative estimate of drug-likeness (QED) is 0.590. The third-order valence-electron chi connectivity index (χ3n) is 3.59. The fourth-order valence-electron chi connectivity index (χ4n) is 2.58. The van der Waals surface area contributed by atoms with E-state index in [1.807, 2.05) is 22.9 Å². The van der Waals surface area contributed by atoms with Gasteiger partial charge in [0, 0.05) is 30.1 Å². The summed E-state index contributed by atoms with van der Waals surface area (Å²) >= 11 is 0. The van der Waals surface area contributed by atoms with Crippen LogP contribution >= 0.6 is 0 Å². The van der Waals surface area contributed by atoms with Gasteiger partial charge in [0.05, 0.1) is 0 Å². The zero-order valence-corrected chi connectivity index (χ0v) is 11.3. The molecule has 1 aliphatic rings. The van der Waals surface area contributed by atoms with Gasteiger partial charge in [0.1, 0.15) is 5.69 Å². The molecule has 0 atom stereocenters. The van der Waals surface area contributed by atoms with Gasteiger partial charge in [0.25, 0.3) is 0 Å². The van der Waals surface area contributed by atoms with Crippen LogP contribution in [0.3, 0.4) is 0 Å². The second-order valence-electron chi connectivity index (χ2n) is 4.91. The summed E-state index contributed by atoms with van der Waals surface area (Å²) in [6.07, 6.45) is 4.47. The van der Waals surface area contributed by atoms with Gasteiger partial charge in [-0.15, -0.1) is 5.10 Å². The number of hydrogen-bond acceptors (Lipinski definition) is 3. The maximum Gasteiger partial charge on any atom is 0.163 e. The van der Waals surface area contributed by atoms with Gasteiger partial charge >= 0.3 is 0 Å². The Labute approximate surface area is 122 Å². The van der Waals surface area contributed by atoms with Crippen LogP contribution in [0.1, 0.15) is 16.8 Å². The summed E-state index contributed by atoms with van der Waals surface area (Å²) in [5.74, 6) is 6.23. The second kappa shape index (κ2) is 4.88. The first-order valence-corrected chi connectivity index (χ1v) is 6.85. The molecule has 0 bridgehead atoms. The first kappa shape index (κ1) is 11.9. The van der Waals surface area contributed by atoms with Gasteiger partial charge in [0.2, 0.25) is 0 Å². The maximum absolute atomic E-state index is 4.23. The van der Waals surface area contributed by atoms with Crippen LogP contribution in [0.5, 0.6) is 0 Å². The zero-order valence-electron chi connectivity index (χ0n) is 11.3. The van der Waals surface area contributed by atoms with Crippen LogP contribution in [0.4, 0.5) is 0 Å². The van der Waals surface area contributed by atoms with Crippen molar-refractivity contribution >= 4 is 0 Å². The maximum atomic E-state index is 4.23. The van der Waals surface area contributed by atoms with Crippen LogP contribution in [-0.4, -0.2) is 20.0 Å². The molecule has 4 rings (SSSR count). The summed E-state index contributed by atoms with van der Waals surface area (Å²) in [4.78, 5) is 4.06. The molecule has 0 aliphatic carbocycles. The summed E-state index contributed by atoms with van der Waals surface area (Å²) in [5, 5.41) is 8.45. The number of rotatable bonds is 0. The molecule has 2 aromatic heterocycles. The molecule has 0 radical (unpaired) electrons. The molecular formula is C17H12N4. The van der Waals surface area contributed by atoms with Crippen LogP contribution in [-0.2, 0) is 13.0 Å². The standard InChI is InChI=1S/C17H12N4/c1-2-6-15-14(5-1)9-11-21-17(15)16(19-20-21)8-7-13-4-3-10-18-12-13/h1-6,10,12H,9,11H2. The molecule has 0 unspecified atom stereocenters. The number of aromatic nitrogens is 4. The Hall–Kier alpha value is -2.93. The third kappa shape index (κ3) is 2.09. The number of aryl methyl sites for hydroxylation is 2. The lowest BCUT2D eigenvalue weighted by atomic mass is 9.97. The highest BCUT2D eigenvalue weighted by Gasteiger charge is 2.20. The van der Waals surface area contributed by atoms with Gasteiger partial charge in [-0.2, -0.15) is 0 Å². The van der Waals surface area contributed by atoms with E-state index in [0.29, 0.717) is 0 Å². The van der Waals surface area contributed by atoms with Crippen molar-refractivity contribution in [1.29, 1.82) is 0 Å². The van der Waals surface area contributed by atoms with Crippen molar-refractivity contribution < 1.29 is 0 Å². The molecule has 4 heteroatoms. The molecule has 3 aromatic rings. The lowest BCUT2D eigenvalue weighted by Gasteiger charge is -2.16. The van der Waals surface area contributed by atoms with Crippen molar-refractivity contribution in [2.45, 2.75) is 13.0 Å². The van der Waals surface area contributed by atoms with Crippen molar-refractivity contribution in [2.24, 2.45) is 0 Å². The first-order chi connectivity index (χ1) is 10.4. The molecule has 0 spiro atoms. The third-order valence-corrected chi connectivity index (χ3v) is 3.59. The van der Waals surface area contributed by atoms with E-state index in [4.69, 9.17) is 0 Å². The van der Waals surface area contributed by atoms with Crippen molar-refractivity contribution in [3.63, 3.8) is 0 Å². The van der Waals surface area contributed by atoms with Crippen LogP contribution in [0, 0.1) is 11.8 Å². The Bertz CT molecular complexity index is 853. The fraction of sp³-hybridized carbons (Fsp3) is 0.118. The highest BCUT2D eigenvalue weighted by molar-refractivity contribution is 5.70. The summed E-state index contributed by atoms with van der Waals surface area (Å²) in [5.41, 5.74) is 5.14. The molecule has 4 nitrogen and oxygen atoms in total. The number of hydrogen-bond donors (Lipinski definition) is 0. The first-order valence-electron chi connectivity index (χ1n) is 6.85. The number of pyridine rings is 1. The van der Waals surface area contributed by atoms with E-state index in [9.17, 15) is 0 Å². The van der Waals surface area contributed by atoms with Gasteiger partial charge < -0.3 is 0 Å². The minimum Gasteiger partial charge on any atom is -0.263 e. The van der Waals surface area contributed by atoms with E-state index in [-0.39, 0.29) is 0 Å². The SMILES string of the molecule is C(#Cc1nnn2c1-c1ccccc1CC2)c1cccnc1. The van der Waals surface area contributed by atoms with E-state index < -0.39 is 0 Å². The average molecular weight is 272 g/mol. The molecule has 1 aromatic carbocycles. The van der Waals surface area contributed by atoms with Gasteiger partial charge in [0.15, 0.2) is 5.69 Å². The molecule has 0 N–H and O–H groups in total. The van der Waals surface area contributed by atoms with Crippen LogP contribution in [0.15, 0.2) is 48.8 Å². The molecule has 0 fully saturated rings. The summed E-state index contributed by atoms with van der Waals surface area (Å²) in [6.45, 7) is 0.855. The minimum atomic E-state index is 0.728. The highest BCUT2D eigenvalue weighted by Crippen LogP contribution is 2.30. The molecule has 0 amide bonds. The molecular weight excluding hydrogens is 260 g/mol. The summed E-state index contributed by atoms with van der Waals surface area (Å²) < 4.78 is 1.94. The van der Waals surface area contributed by atoms with E-state index in [2.05, 4.69) is 45.3 Å². The van der Waals surface area contributed by atoms with Gasteiger partial charge in [-0.1, -0.05) is 35.4 Å². The normalized spacial score (nSPS) is 12.0. The van der Waals surface area contributed by atoms with Gasteiger partial charge in [-0.3, -0.25) is 4.98 Å². The molecule has 1 aliphatic heterocycles. The van der Waals surface area contributed by atoms with Crippen molar-refractivity contribution in [3.05, 3.63) is 65.6 Å². The fourth-order valence-corrected chi connectivity index (χ4v) is 2.58. The van der Waals surface area contributed by atoms with E-state index in [0.717, 1.165) is 29.9 Å². The predicted octanol–water partition coefficient (Wildman–Crippen LogP) is 2.30. The Morgan fingerprint density at radius 2 is 2.00 bits per heavy atom. The zero-order chi connectivity index (χ0) is 14.1. The second-order valence-corrected chi connectivity index (χ2v) is 4.91. The molecule has 21 heavy (non-hydrogen) atoms. The van der Waals surface area contributed by atoms with Crippen molar-refractivity contribution in [1.82, 2.24) is 20.0 Å². The number of benzene rings is 1. The van der Waals surface area contributed by atoms with Crippen LogP contribution in [0.25, 0.3) is 11.3 Å². The Kier molecular flexibility index (Phi) is 2.75. The Morgan fingerprint density at radius 3 is 2.90 bits per heavy atom. The average Bonchev–Trinajstić information content (AvgIpc) is 2.97. The minimum absolute atomic E-state index is 0.728. The van der Waals surface area contributed by atoms with Gasteiger partial charge in [-0.05, 0) is 30.0 Å². The van der Waals surface area contributed by atoms with Crippen molar-refractivity contribution in [3.8, 4) is 23.1 Å².